The van der Waals surface area contributed by atoms with Crippen molar-refractivity contribution in [2.45, 2.75) is 32.4 Å². The minimum Gasteiger partial charge on any atom is -0.490 e. The number of halogens is 1. The Kier molecular flexibility index (Phi) is 5.53. The molecule has 0 aromatic heterocycles. The van der Waals surface area contributed by atoms with E-state index in [0.717, 1.165) is 18.4 Å². The summed E-state index contributed by atoms with van der Waals surface area (Å²) >= 11 is 0. The van der Waals surface area contributed by atoms with Gasteiger partial charge in [-0.05, 0) is 36.8 Å². The van der Waals surface area contributed by atoms with Crippen molar-refractivity contribution in [3.05, 3.63) is 65.5 Å². The molecule has 0 radical (unpaired) electrons. The Morgan fingerprint density at radius 3 is 2.60 bits per heavy atom. The van der Waals surface area contributed by atoms with Gasteiger partial charge in [-0.2, -0.15) is 0 Å². The molecule has 5 heteroatoms. The van der Waals surface area contributed by atoms with Crippen molar-refractivity contribution in [1.29, 1.82) is 0 Å². The summed E-state index contributed by atoms with van der Waals surface area (Å²) in [6.45, 7) is 3.89. The van der Waals surface area contributed by atoms with Crippen molar-refractivity contribution >= 4 is 6.03 Å². The van der Waals surface area contributed by atoms with Crippen LogP contribution >= 0.6 is 0 Å². The third kappa shape index (κ3) is 4.95. The lowest BCUT2D eigenvalue weighted by Gasteiger charge is -2.32. The molecule has 0 spiro atoms. The number of amides is 2. The van der Waals surface area contributed by atoms with Gasteiger partial charge >= 0.3 is 6.03 Å². The van der Waals surface area contributed by atoms with E-state index in [1.807, 2.05) is 30.0 Å². The van der Waals surface area contributed by atoms with Gasteiger partial charge in [0.2, 0.25) is 0 Å². The molecule has 0 aliphatic carbocycles. The lowest BCUT2D eigenvalue weighted by molar-refractivity contribution is 0.111. The van der Waals surface area contributed by atoms with Gasteiger partial charge in [-0.15, -0.1) is 0 Å². The number of benzene rings is 2. The Balaban J connectivity index is 1.43. The van der Waals surface area contributed by atoms with Crippen LogP contribution in [0.25, 0.3) is 0 Å². The highest BCUT2D eigenvalue weighted by atomic mass is 19.1. The molecule has 1 fully saturated rings. The van der Waals surface area contributed by atoms with E-state index in [2.05, 4.69) is 11.4 Å². The number of piperidine rings is 1. The predicted molar refractivity (Wildman–Crippen MR) is 95.0 cm³/mol. The van der Waals surface area contributed by atoms with Gasteiger partial charge in [-0.1, -0.05) is 29.8 Å². The summed E-state index contributed by atoms with van der Waals surface area (Å²) in [5.41, 5.74) is 2.29. The molecule has 2 amide bonds. The summed E-state index contributed by atoms with van der Waals surface area (Å²) in [5.74, 6) is 0.399. The molecule has 1 aliphatic rings. The van der Waals surface area contributed by atoms with Crippen LogP contribution in [0.4, 0.5) is 9.18 Å². The quantitative estimate of drug-likeness (QED) is 0.916. The number of nitrogens with one attached hydrogen (secondary N) is 1. The molecule has 3 rings (SSSR count). The second-order valence-corrected chi connectivity index (χ2v) is 6.41. The normalized spacial score (nSPS) is 15.0. The highest BCUT2D eigenvalue weighted by Gasteiger charge is 2.23. The summed E-state index contributed by atoms with van der Waals surface area (Å²) in [6.07, 6.45) is 1.61. The van der Waals surface area contributed by atoms with E-state index in [9.17, 15) is 9.18 Å². The number of likely N-dealkylation sites (tertiary alicyclic amines) is 1. The van der Waals surface area contributed by atoms with Crippen LogP contribution in [0.3, 0.4) is 0 Å². The van der Waals surface area contributed by atoms with E-state index in [0.29, 0.717) is 25.4 Å². The van der Waals surface area contributed by atoms with Crippen molar-refractivity contribution in [3.8, 4) is 5.75 Å². The molecule has 0 unspecified atom stereocenters. The van der Waals surface area contributed by atoms with Gasteiger partial charge in [0.25, 0.3) is 0 Å². The highest BCUT2D eigenvalue weighted by molar-refractivity contribution is 5.74. The maximum atomic E-state index is 12.9. The van der Waals surface area contributed by atoms with E-state index in [-0.39, 0.29) is 18.0 Å². The molecule has 132 valence electrons. The van der Waals surface area contributed by atoms with Gasteiger partial charge in [-0.25, -0.2) is 9.18 Å². The van der Waals surface area contributed by atoms with Crippen LogP contribution in [-0.2, 0) is 6.54 Å². The minimum atomic E-state index is -0.271. The third-order valence-corrected chi connectivity index (χ3v) is 4.37. The zero-order chi connectivity index (χ0) is 17.6. The minimum absolute atomic E-state index is 0.0401. The second-order valence-electron chi connectivity index (χ2n) is 6.41. The van der Waals surface area contributed by atoms with E-state index in [1.165, 1.54) is 17.7 Å². The van der Waals surface area contributed by atoms with Crippen LogP contribution < -0.4 is 10.1 Å². The van der Waals surface area contributed by atoms with Crippen molar-refractivity contribution < 1.29 is 13.9 Å². The Morgan fingerprint density at radius 1 is 1.20 bits per heavy atom. The zero-order valence-electron chi connectivity index (χ0n) is 14.4. The number of rotatable bonds is 4. The maximum absolute atomic E-state index is 12.9. The molecular formula is C20H23FN2O2. The Hall–Kier alpha value is -2.56. The van der Waals surface area contributed by atoms with Gasteiger partial charge in [0.05, 0.1) is 0 Å². The van der Waals surface area contributed by atoms with Gasteiger partial charge in [-0.3, -0.25) is 0 Å². The largest absolute Gasteiger partial charge is 0.490 e. The molecule has 25 heavy (non-hydrogen) atoms. The molecule has 0 bridgehead atoms. The first kappa shape index (κ1) is 17.3. The number of carbonyl (C=O) groups is 1. The molecular weight excluding hydrogens is 319 g/mol. The van der Waals surface area contributed by atoms with E-state index in [4.69, 9.17) is 4.74 Å². The molecule has 0 saturated carbocycles. The van der Waals surface area contributed by atoms with Gasteiger partial charge in [0.1, 0.15) is 17.7 Å². The fourth-order valence-corrected chi connectivity index (χ4v) is 2.99. The number of aryl methyl sites for hydroxylation is 1. The summed E-state index contributed by atoms with van der Waals surface area (Å²) in [6, 6.07) is 14.1. The van der Waals surface area contributed by atoms with E-state index >= 15 is 0 Å². The third-order valence-electron chi connectivity index (χ3n) is 4.37. The summed E-state index contributed by atoms with van der Waals surface area (Å²) in [7, 11) is 0. The maximum Gasteiger partial charge on any atom is 0.317 e. The SMILES string of the molecule is Cc1cccc(CNC(=O)N2CCC(Oc3ccc(F)cc3)CC2)c1. The van der Waals surface area contributed by atoms with E-state index < -0.39 is 0 Å². The average Bonchev–Trinajstić information content (AvgIpc) is 2.62. The number of ether oxygens (including phenoxy) is 1. The average molecular weight is 342 g/mol. The van der Waals surface area contributed by atoms with Gasteiger partial charge in [0.15, 0.2) is 0 Å². The molecule has 4 nitrogen and oxygen atoms in total. The molecule has 1 N–H and O–H groups in total. The van der Waals surface area contributed by atoms with Crippen molar-refractivity contribution in [2.75, 3.05) is 13.1 Å². The standard InChI is InChI=1S/C20H23FN2O2/c1-15-3-2-4-16(13-15)14-22-20(24)23-11-9-19(10-12-23)25-18-7-5-17(21)6-8-18/h2-8,13,19H,9-12,14H2,1H3,(H,22,24). The first-order valence-corrected chi connectivity index (χ1v) is 8.61. The fraction of sp³-hybridized carbons (Fsp3) is 0.350. The second kappa shape index (κ2) is 8.01. The van der Waals surface area contributed by atoms with Crippen LogP contribution in [0, 0.1) is 12.7 Å². The Labute approximate surface area is 147 Å². The van der Waals surface area contributed by atoms with Crippen molar-refractivity contribution in [3.63, 3.8) is 0 Å². The van der Waals surface area contributed by atoms with Gasteiger partial charge < -0.3 is 15.0 Å². The van der Waals surface area contributed by atoms with Crippen LogP contribution in [-0.4, -0.2) is 30.1 Å². The Bertz CT molecular complexity index is 710. The van der Waals surface area contributed by atoms with Crippen molar-refractivity contribution in [1.82, 2.24) is 10.2 Å². The van der Waals surface area contributed by atoms with Crippen LogP contribution in [0.1, 0.15) is 24.0 Å². The van der Waals surface area contributed by atoms with Crippen LogP contribution in [0.5, 0.6) is 5.75 Å². The molecule has 0 atom stereocenters. The highest BCUT2D eigenvalue weighted by Crippen LogP contribution is 2.19. The van der Waals surface area contributed by atoms with Crippen LogP contribution in [0.15, 0.2) is 48.5 Å². The monoisotopic (exact) mass is 342 g/mol. The molecule has 2 aromatic carbocycles. The lowest BCUT2D eigenvalue weighted by Crippen LogP contribution is -2.46. The van der Waals surface area contributed by atoms with Crippen molar-refractivity contribution in [2.24, 2.45) is 0 Å². The first-order chi connectivity index (χ1) is 12.1. The number of carbonyl (C=O) groups excluding carboxylic acids is 1. The first-order valence-electron chi connectivity index (χ1n) is 8.61. The molecule has 1 heterocycles. The topological polar surface area (TPSA) is 41.6 Å². The number of hydrogen-bond acceptors (Lipinski definition) is 2. The predicted octanol–water partition coefficient (Wildman–Crippen LogP) is 3.89. The number of nitrogens with zero attached hydrogens (tertiary/aromatic N) is 1. The van der Waals surface area contributed by atoms with Gasteiger partial charge in [0, 0.05) is 32.5 Å². The lowest BCUT2D eigenvalue weighted by atomic mass is 10.1. The molecule has 2 aromatic rings. The number of hydrogen-bond donors (Lipinski definition) is 1. The van der Waals surface area contributed by atoms with Crippen LogP contribution in [0.2, 0.25) is 0 Å². The Morgan fingerprint density at radius 2 is 1.92 bits per heavy atom. The van der Waals surface area contributed by atoms with E-state index in [1.54, 1.807) is 12.1 Å². The molecule has 1 saturated heterocycles. The summed E-state index contributed by atoms with van der Waals surface area (Å²) in [5, 5.41) is 2.97. The smallest absolute Gasteiger partial charge is 0.317 e. The zero-order valence-corrected chi connectivity index (χ0v) is 14.4. The summed E-state index contributed by atoms with van der Waals surface area (Å²) in [4.78, 5) is 14.1. The fourth-order valence-electron chi connectivity index (χ4n) is 2.99. The molecule has 1 aliphatic heterocycles. The summed E-state index contributed by atoms with van der Waals surface area (Å²) < 4.78 is 18.8. The number of urea groups is 1.